The highest BCUT2D eigenvalue weighted by molar-refractivity contribution is 5.76. The van der Waals surface area contributed by atoms with Gasteiger partial charge in [0.05, 0.1) is 5.69 Å². The molecule has 0 radical (unpaired) electrons. The molecule has 2 atom stereocenters. The van der Waals surface area contributed by atoms with Crippen LogP contribution in [0.2, 0.25) is 0 Å². The summed E-state index contributed by atoms with van der Waals surface area (Å²) < 4.78 is 0. The molecular formula is C18H24N4O. The Morgan fingerprint density at radius 1 is 1.17 bits per heavy atom. The van der Waals surface area contributed by atoms with Crippen molar-refractivity contribution in [1.82, 2.24) is 15.1 Å². The molecule has 122 valence electrons. The highest BCUT2D eigenvalue weighted by Crippen LogP contribution is 2.39. The van der Waals surface area contributed by atoms with E-state index in [9.17, 15) is 4.79 Å². The Morgan fingerprint density at radius 3 is 2.48 bits per heavy atom. The smallest absolute Gasteiger partial charge is 0.222 e. The molecule has 1 aromatic heterocycles. The minimum absolute atomic E-state index is 0.277. The van der Waals surface area contributed by atoms with Crippen LogP contribution >= 0.6 is 0 Å². The van der Waals surface area contributed by atoms with Crippen LogP contribution < -0.4 is 4.90 Å². The van der Waals surface area contributed by atoms with Crippen molar-refractivity contribution in [3.63, 3.8) is 0 Å². The van der Waals surface area contributed by atoms with Crippen molar-refractivity contribution in [2.75, 3.05) is 31.1 Å². The maximum absolute atomic E-state index is 12.1. The fraction of sp³-hybridized carbons (Fsp3) is 0.611. The molecule has 0 N–H and O–H groups in total. The molecule has 1 aliphatic carbocycles. The van der Waals surface area contributed by atoms with E-state index in [2.05, 4.69) is 33.8 Å². The monoisotopic (exact) mass is 312 g/mol. The number of rotatable bonds is 5. The number of hydrogen-bond donors (Lipinski definition) is 0. The Hall–Kier alpha value is -1.91. The molecule has 3 fully saturated rings. The minimum atomic E-state index is 0.277. The van der Waals surface area contributed by atoms with E-state index in [4.69, 9.17) is 0 Å². The van der Waals surface area contributed by atoms with Crippen molar-refractivity contribution < 1.29 is 4.79 Å². The molecule has 1 saturated carbocycles. The average molecular weight is 312 g/mol. The summed E-state index contributed by atoms with van der Waals surface area (Å²) in [7, 11) is 0. The molecule has 2 saturated heterocycles. The largest absolute Gasteiger partial charge is 0.354 e. The lowest BCUT2D eigenvalue weighted by atomic mass is 10.0. The summed E-state index contributed by atoms with van der Waals surface area (Å²) in [6, 6.07) is 4.26. The lowest BCUT2D eigenvalue weighted by Crippen LogP contribution is -2.33. The normalized spacial score (nSPS) is 26.4. The molecular weight excluding hydrogens is 288 g/mol. The van der Waals surface area contributed by atoms with Gasteiger partial charge in [-0.25, -0.2) is 0 Å². The third kappa shape index (κ3) is 2.96. The number of carbonyl (C=O) groups excluding carboxylic acids is 1. The van der Waals surface area contributed by atoms with Gasteiger partial charge in [-0.15, -0.1) is 11.7 Å². The number of hydrogen-bond acceptors (Lipinski definition) is 4. The first-order valence-corrected chi connectivity index (χ1v) is 8.72. The van der Waals surface area contributed by atoms with Gasteiger partial charge in [0.1, 0.15) is 0 Å². The molecule has 4 rings (SSSR count). The van der Waals surface area contributed by atoms with E-state index in [-0.39, 0.29) is 5.91 Å². The second-order valence-electron chi connectivity index (χ2n) is 7.14. The lowest BCUT2D eigenvalue weighted by molar-refractivity contribution is -0.130. The van der Waals surface area contributed by atoms with Gasteiger partial charge >= 0.3 is 0 Å². The topological polar surface area (TPSA) is 49.3 Å². The zero-order valence-electron chi connectivity index (χ0n) is 13.5. The van der Waals surface area contributed by atoms with Gasteiger partial charge in [-0.05, 0) is 31.4 Å². The number of fused-ring (bicyclic) bond motifs is 1. The van der Waals surface area contributed by atoms with E-state index in [0.29, 0.717) is 24.2 Å². The highest BCUT2D eigenvalue weighted by atomic mass is 16.2. The second kappa shape index (κ2) is 5.95. The Morgan fingerprint density at radius 2 is 1.91 bits per heavy atom. The maximum Gasteiger partial charge on any atom is 0.222 e. The summed E-state index contributed by atoms with van der Waals surface area (Å²) in [4.78, 5) is 16.5. The Bertz CT molecular complexity index is 582. The van der Waals surface area contributed by atoms with Crippen molar-refractivity contribution in [2.45, 2.75) is 31.6 Å². The first-order valence-electron chi connectivity index (χ1n) is 8.72. The van der Waals surface area contributed by atoms with Crippen LogP contribution in [0.4, 0.5) is 5.82 Å². The maximum atomic E-state index is 12.1. The van der Waals surface area contributed by atoms with Crippen LogP contribution in [-0.4, -0.2) is 47.2 Å². The van der Waals surface area contributed by atoms with E-state index in [1.54, 1.807) is 0 Å². The Balaban J connectivity index is 1.34. The number of allylic oxidation sites excluding steroid dienone is 1. The zero-order valence-corrected chi connectivity index (χ0v) is 13.5. The average Bonchev–Trinajstić information content (AvgIpc) is 3.22. The van der Waals surface area contributed by atoms with Gasteiger partial charge < -0.3 is 9.80 Å². The van der Waals surface area contributed by atoms with Crippen LogP contribution in [0.5, 0.6) is 0 Å². The summed E-state index contributed by atoms with van der Waals surface area (Å²) in [6.45, 7) is 7.46. The van der Waals surface area contributed by atoms with Crippen LogP contribution in [0, 0.1) is 11.8 Å². The lowest BCUT2D eigenvalue weighted by Gasteiger charge is -2.22. The first kappa shape index (κ1) is 14.7. The molecule has 3 heterocycles. The van der Waals surface area contributed by atoms with E-state index >= 15 is 0 Å². The number of carbonyl (C=O) groups is 1. The standard InChI is InChI=1S/C18H24N4O/c1-2-3-4-18(23)22-11-14-9-21(10-15(14)12-22)17-8-7-16(19-20-17)13-5-6-13/h2,7-8,13-15H,1,3-6,9-12H2. The third-order valence-electron chi connectivity index (χ3n) is 5.39. The molecule has 0 spiro atoms. The van der Waals surface area contributed by atoms with Crippen molar-refractivity contribution in [3.8, 4) is 0 Å². The van der Waals surface area contributed by atoms with Gasteiger partial charge in [0.25, 0.3) is 0 Å². The van der Waals surface area contributed by atoms with E-state index in [1.165, 1.54) is 12.8 Å². The number of aromatic nitrogens is 2. The Kier molecular flexibility index (Phi) is 3.79. The summed E-state index contributed by atoms with van der Waals surface area (Å²) in [6.07, 6.45) is 5.72. The van der Waals surface area contributed by atoms with Gasteiger partial charge in [-0.1, -0.05) is 6.08 Å². The minimum Gasteiger partial charge on any atom is -0.354 e. The molecule has 0 aromatic carbocycles. The van der Waals surface area contributed by atoms with Crippen LogP contribution in [0.15, 0.2) is 24.8 Å². The number of nitrogens with zero attached hydrogens (tertiary/aromatic N) is 4. The molecule has 3 aliphatic rings. The summed E-state index contributed by atoms with van der Waals surface area (Å²) in [5.41, 5.74) is 1.15. The van der Waals surface area contributed by atoms with Crippen molar-refractivity contribution in [1.29, 1.82) is 0 Å². The molecule has 2 aliphatic heterocycles. The number of amides is 1. The highest BCUT2D eigenvalue weighted by Gasteiger charge is 2.41. The van der Waals surface area contributed by atoms with Crippen LogP contribution in [0.25, 0.3) is 0 Å². The van der Waals surface area contributed by atoms with Crippen molar-refractivity contribution >= 4 is 11.7 Å². The molecule has 5 nitrogen and oxygen atoms in total. The quantitative estimate of drug-likeness (QED) is 0.782. The van der Waals surface area contributed by atoms with E-state index in [1.807, 2.05) is 11.0 Å². The van der Waals surface area contributed by atoms with Gasteiger partial charge in [-0.2, -0.15) is 5.10 Å². The van der Waals surface area contributed by atoms with Gasteiger partial charge in [0.2, 0.25) is 5.91 Å². The summed E-state index contributed by atoms with van der Waals surface area (Å²) in [5.74, 6) is 3.08. The van der Waals surface area contributed by atoms with Crippen LogP contribution in [0.3, 0.4) is 0 Å². The van der Waals surface area contributed by atoms with Crippen LogP contribution in [0.1, 0.15) is 37.3 Å². The molecule has 0 bridgehead atoms. The Labute approximate surface area is 137 Å². The fourth-order valence-corrected chi connectivity index (χ4v) is 3.87. The SMILES string of the molecule is C=CCCC(=O)N1CC2CN(c3ccc(C4CC4)nn3)CC2C1. The molecule has 5 heteroatoms. The summed E-state index contributed by atoms with van der Waals surface area (Å²) >= 11 is 0. The molecule has 1 amide bonds. The predicted octanol–water partition coefficient (Wildman–Crippen LogP) is 2.21. The third-order valence-corrected chi connectivity index (χ3v) is 5.39. The van der Waals surface area contributed by atoms with Crippen LogP contribution in [-0.2, 0) is 4.79 Å². The number of anilines is 1. The second-order valence-corrected chi connectivity index (χ2v) is 7.14. The molecule has 23 heavy (non-hydrogen) atoms. The van der Waals surface area contributed by atoms with Gasteiger partial charge in [-0.3, -0.25) is 4.79 Å². The zero-order chi connectivity index (χ0) is 15.8. The first-order chi connectivity index (χ1) is 11.2. The van der Waals surface area contributed by atoms with Gasteiger partial charge in [0.15, 0.2) is 5.82 Å². The van der Waals surface area contributed by atoms with Crippen molar-refractivity contribution in [3.05, 3.63) is 30.5 Å². The van der Waals surface area contributed by atoms with E-state index in [0.717, 1.165) is 44.1 Å². The van der Waals surface area contributed by atoms with E-state index < -0.39 is 0 Å². The summed E-state index contributed by atoms with van der Waals surface area (Å²) in [5, 5.41) is 8.82. The molecule has 2 unspecified atom stereocenters. The predicted molar refractivity (Wildman–Crippen MR) is 89.2 cm³/mol. The van der Waals surface area contributed by atoms with Gasteiger partial charge in [0, 0.05) is 50.4 Å². The fourth-order valence-electron chi connectivity index (χ4n) is 3.87. The number of likely N-dealkylation sites (tertiary alicyclic amines) is 1. The molecule has 1 aromatic rings. The van der Waals surface area contributed by atoms with Crippen molar-refractivity contribution in [2.24, 2.45) is 11.8 Å².